The summed E-state index contributed by atoms with van der Waals surface area (Å²) in [7, 11) is 4.67. The van der Waals surface area contributed by atoms with Gasteiger partial charge in [-0.3, -0.25) is 14.6 Å². The van der Waals surface area contributed by atoms with Crippen molar-refractivity contribution >= 4 is 40.7 Å². The van der Waals surface area contributed by atoms with Crippen LogP contribution >= 0.6 is 11.6 Å². The molecular formula is C27H31ClN6O4. The number of carbonyl (C=O) groups excluding carboxylic acids is 1. The van der Waals surface area contributed by atoms with Gasteiger partial charge in [0.25, 0.3) is 11.9 Å². The van der Waals surface area contributed by atoms with E-state index in [0.717, 1.165) is 24.3 Å². The first-order chi connectivity index (χ1) is 18.3. The fourth-order valence-electron chi connectivity index (χ4n) is 4.32. The van der Waals surface area contributed by atoms with Crippen molar-refractivity contribution in [3.05, 3.63) is 58.2 Å². The molecule has 0 spiro atoms. The number of aliphatic imine (C=N–C) groups is 1. The van der Waals surface area contributed by atoms with Crippen LogP contribution in [-0.4, -0.2) is 67.6 Å². The molecule has 1 aromatic heterocycles. The van der Waals surface area contributed by atoms with Gasteiger partial charge in [0.15, 0.2) is 11.5 Å². The Morgan fingerprint density at radius 1 is 1.05 bits per heavy atom. The first-order valence-corrected chi connectivity index (χ1v) is 12.5. The summed E-state index contributed by atoms with van der Waals surface area (Å²) in [4.78, 5) is 30.5. The minimum absolute atomic E-state index is 0.0927. The third-order valence-electron chi connectivity index (χ3n) is 6.40. The third kappa shape index (κ3) is 5.36. The van der Waals surface area contributed by atoms with E-state index in [1.54, 1.807) is 44.6 Å². The number of nitrogens with two attached hydrogens (primary N) is 1. The molecule has 0 saturated heterocycles. The van der Waals surface area contributed by atoms with Crippen LogP contribution in [0.5, 0.6) is 17.2 Å². The number of aromatic nitrogens is 2. The SMILES string of the molecule is CCN(CC)CN1C(=O)/C(=N\c2ncc(Cc3cc(OC)c(OC)c(OC)c3)c(N)n2)c2cc(Cl)ccc21. The molecule has 0 unspecified atom stereocenters. The third-order valence-corrected chi connectivity index (χ3v) is 6.64. The van der Waals surface area contributed by atoms with Crippen LogP contribution in [0.2, 0.25) is 5.02 Å². The summed E-state index contributed by atoms with van der Waals surface area (Å²) in [5.41, 5.74) is 9.46. The van der Waals surface area contributed by atoms with Gasteiger partial charge >= 0.3 is 0 Å². The Bertz CT molecular complexity index is 1350. The lowest BCUT2D eigenvalue weighted by molar-refractivity contribution is -0.112. The lowest BCUT2D eigenvalue weighted by Crippen LogP contribution is -2.41. The van der Waals surface area contributed by atoms with Gasteiger partial charge in [0, 0.05) is 28.8 Å². The summed E-state index contributed by atoms with van der Waals surface area (Å²) in [6.45, 7) is 6.16. The number of fused-ring (bicyclic) bond motifs is 1. The number of benzene rings is 2. The van der Waals surface area contributed by atoms with Crippen LogP contribution in [0.1, 0.15) is 30.5 Å². The van der Waals surface area contributed by atoms with Gasteiger partial charge in [-0.2, -0.15) is 4.98 Å². The molecule has 11 heteroatoms. The Balaban J connectivity index is 1.65. The molecule has 0 fully saturated rings. The van der Waals surface area contributed by atoms with E-state index < -0.39 is 0 Å². The average Bonchev–Trinajstić information content (AvgIpc) is 3.17. The van der Waals surface area contributed by atoms with E-state index in [9.17, 15) is 4.79 Å². The maximum Gasteiger partial charge on any atom is 0.278 e. The highest BCUT2D eigenvalue weighted by Gasteiger charge is 2.35. The zero-order valence-electron chi connectivity index (χ0n) is 22.1. The Hall–Kier alpha value is -3.89. The highest BCUT2D eigenvalue weighted by Crippen LogP contribution is 2.39. The summed E-state index contributed by atoms with van der Waals surface area (Å²) in [5.74, 6) is 1.69. The number of hydrogen-bond donors (Lipinski definition) is 1. The standard InChI is InChI=1S/C27H31ClN6O4/c1-6-33(7-2)15-34-20-9-8-18(28)13-19(20)23(26(34)35)31-27-30-14-17(25(29)32-27)10-16-11-21(36-3)24(38-5)22(12-16)37-4/h8-9,11-14H,6-7,10,15H2,1-5H3,(H2,29,30,32)/b31-23-. The molecule has 0 saturated carbocycles. The summed E-state index contributed by atoms with van der Waals surface area (Å²) in [6, 6.07) is 9.02. The monoisotopic (exact) mass is 538 g/mol. The number of ether oxygens (including phenoxy) is 3. The number of halogens is 1. The summed E-state index contributed by atoms with van der Waals surface area (Å²) < 4.78 is 16.3. The van der Waals surface area contributed by atoms with Crippen LogP contribution in [0, 0.1) is 0 Å². The van der Waals surface area contributed by atoms with Crippen LogP contribution < -0.4 is 24.8 Å². The number of anilines is 2. The van der Waals surface area contributed by atoms with Crippen molar-refractivity contribution in [1.29, 1.82) is 0 Å². The Morgan fingerprint density at radius 2 is 1.74 bits per heavy atom. The van der Waals surface area contributed by atoms with Gasteiger partial charge in [-0.25, -0.2) is 9.98 Å². The maximum atomic E-state index is 13.4. The fourth-order valence-corrected chi connectivity index (χ4v) is 4.49. The zero-order chi connectivity index (χ0) is 27.4. The molecule has 200 valence electrons. The molecule has 0 bridgehead atoms. The van der Waals surface area contributed by atoms with Crippen molar-refractivity contribution in [2.75, 3.05) is 51.7 Å². The first-order valence-electron chi connectivity index (χ1n) is 12.2. The molecule has 1 aliphatic heterocycles. The van der Waals surface area contributed by atoms with E-state index in [1.165, 1.54) is 0 Å². The average molecular weight is 539 g/mol. The topological polar surface area (TPSA) is 115 Å². The number of rotatable bonds is 10. The lowest BCUT2D eigenvalue weighted by atomic mass is 10.1. The highest BCUT2D eigenvalue weighted by atomic mass is 35.5. The van der Waals surface area contributed by atoms with E-state index in [0.29, 0.717) is 46.5 Å². The normalized spacial score (nSPS) is 13.8. The molecule has 1 amide bonds. The number of amides is 1. The van der Waals surface area contributed by atoms with Crippen LogP contribution in [0.15, 0.2) is 41.5 Å². The molecule has 0 radical (unpaired) electrons. The van der Waals surface area contributed by atoms with Crippen molar-refractivity contribution in [3.63, 3.8) is 0 Å². The summed E-state index contributed by atoms with van der Waals surface area (Å²) >= 11 is 6.26. The predicted octanol–water partition coefficient (Wildman–Crippen LogP) is 4.10. The number of hydrogen-bond acceptors (Lipinski definition) is 9. The molecule has 3 aromatic rings. The van der Waals surface area contributed by atoms with Crippen molar-refractivity contribution in [2.24, 2.45) is 4.99 Å². The molecule has 1 aliphatic rings. The molecule has 38 heavy (non-hydrogen) atoms. The van der Waals surface area contributed by atoms with Crippen LogP contribution in [0.4, 0.5) is 17.5 Å². The van der Waals surface area contributed by atoms with Crippen LogP contribution in [0.25, 0.3) is 0 Å². The molecule has 2 N–H and O–H groups in total. The highest BCUT2D eigenvalue weighted by molar-refractivity contribution is 6.55. The maximum absolute atomic E-state index is 13.4. The van der Waals surface area contributed by atoms with E-state index >= 15 is 0 Å². The molecule has 0 aliphatic carbocycles. The lowest BCUT2D eigenvalue weighted by Gasteiger charge is -2.25. The van der Waals surface area contributed by atoms with Gasteiger partial charge in [-0.15, -0.1) is 0 Å². The quantitative estimate of drug-likeness (QED) is 0.410. The van der Waals surface area contributed by atoms with Crippen LogP contribution in [0.3, 0.4) is 0 Å². The van der Waals surface area contributed by atoms with Gasteiger partial charge in [0.2, 0.25) is 5.75 Å². The molecule has 4 rings (SSSR count). The minimum atomic E-state index is -0.238. The van der Waals surface area contributed by atoms with Crippen molar-refractivity contribution in [1.82, 2.24) is 14.9 Å². The molecule has 10 nitrogen and oxygen atoms in total. The Kier molecular flexibility index (Phi) is 8.33. The van der Waals surface area contributed by atoms with Gasteiger partial charge in [-0.1, -0.05) is 25.4 Å². The molecular weight excluding hydrogens is 508 g/mol. The van der Waals surface area contributed by atoms with Crippen molar-refractivity contribution in [3.8, 4) is 17.2 Å². The van der Waals surface area contributed by atoms with E-state index in [4.69, 9.17) is 31.5 Å². The molecule has 2 aromatic carbocycles. The molecule has 2 heterocycles. The zero-order valence-corrected chi connectivity index (χ0v) is 22.9. The second-order valence-corrected chi connectivity index (χ2v) is 9.03. The van der Waals surface area contributed by atoms with Crippen molar-refractivity contribution in [2.45, 2.75) is 20.3 Å². The molecule has 0 atom stereocenters. The van der Waals surface area contributed by atoms with Gasteiger partial charge in [-0.05, 0) is 49.0 Å². The summed E-state index contributed by atoms with van der Waals surface area (Å²) in [6.07, 6.45) is 2.03. The first kappa shape index (κ1) is 27.2. The number of nitrogens with zero attached hydrogens (tertiary/aromatic N) is 5. The van der Waals surface area contributed by atoms with Gasteiger partial charge in [0.1, 0.15) is 11.5 Å². The second-order valence-electron chi connectivity index (χ2n) is 8.59. The van der Waals surface area contributed by atoms with E-state index in [2.05, 4.69) is 33.7 Å². The second kappa shape index (κ2) is 11.7. The predicted molar refractivity (Wildman–Crippen MR) is 148 cm³/mol. The van der Waals surface area contributed by atoms with Gasteiger partial charge < -0.3 is 19.9 Å². The Morgan fingerprint density at radius 3 is 2.32 bits per heavy atom. The minimum Gasteiger partial charge on any atom is -0.493 e. The van der Waals surface area contributed by atoms with Crippen LogP contribution in [-0.2, 0) is 11.2 Å². The smallest absolute Gasteiger partial charge is 0.278 e. The van der Waals surface area contributed by atoms with Crippen molar-refractivity contribution < 1.29 is 19.0 Å². The van der Waals surface area contributed by atoms with E-state index in [1.807, 2.05) is 18.2 Å². The number of nitrogen functional groups attached to an aromatic ring is 1. The largest absolute Gasteiger partial charge is 0.493 e. The fraction of sp³-hybridized carbons (Fsp3) is 0.333. The number of methoxy groups -OCH3 is 3. The number of carbonyl (C=O) groups is 1. The van der Waals surface area contributed by atoms with Gasteiger partial charge in [0.05, 0.1) is 33.7 Å². The van der Waals surface area contributed by atoms with E-state index in [-0.39, 0.29) is 23.4 Å². The Labute approximate surface area is 227 Å². The summed E-state index contributed by atoms with van der Waals surface area (Å²) in [5, 5.41) is 0.509.